The Kier molecular flexibility index (Phi) is 6.22. The third kappa shape index (κ3) is 5.06. The molecule has 6 heteroatoms. The van der Waals surface area contributed by atoms with Gasteiger partial charge in [-0.2, -0.15) is 0 Å². The number of quaternary nitrogens is 2. The molecule has 0 aliphatic carbocycles. The Bertz CT molecular complexity index is 469. The molecule has 0 aromatic carbocycles. The van der Waals surface area contributed by atoms with Gasteiger partial charge < -0.3 is 15.1 Å². The van der Waals surface area contributed by atoms with Crippen LogP contribution < -0.4 is 15.1 Å². The summed E-state index contributed by atoms with van der Waals surface area (Å²) in [6.07, 6.45) is 0. The Morgan fingerprint density at radius 2 is 1.95 bits per heavy atom. The molecule has 3 N–H and O–H groups in total. The Balaban J connectivity index is 1.78. The fourth-order valence-corrected chi connectivity index (χ4v) is 4.38. The largest absolute Gasteiger partial charge is 0.349 e. The molecule has 0 unspecified atom stereocenters. The van der Waals surface area contributed by atoms with Gasteiger partial charge in [0.05, 0.1) is 8.66 Å². The standard InChI is InChI=1S/C15H24BrN3OS/c1-11(2)17-15(20)12(3)19-8-6-18(7-9-19)10-13-4-5-14(16)21-13/h4-5,11-12H,6-10H2,1-3H3,(H,17,20)/p+2/t12-/m1/s1. The predicted molar refractivity (Wildman–Crippen MR) is 89.9 cm³/mol. The highest BCUT2D eigenvalue weighted by Crippen LogP contribution is 2.21. The average Bonchev–Trinajstić information content (AvgIpc) is 2.83. The highest BCUT2D eigenvalue weighted by Gasteiger charge is 2.31. The van der Waals surface area contributed by atoms with Crippen LogP contribution in [0.25, 0.3) is 0 Å². The van der Waals surface area contributed by atoms with E-state index >= 15 is 0 Å². The molecule has 1 aromatic rings. The second kappa shape index (κ2) is 7.72. The van der Waals surface area contributed by atoms with Crippen LogP contribution in [0.1, 0.15) is 25.6 Å². The lowest BCUT2D eigenvalue weighted by atomic mass is 10.2. The number of hydrogen-bond donors (Lipinski definition) is 3. The Hall–Kier alpha value is -0.430. The Morgan fingerprint density at radius 3 is 2.48 bits per heavy atom. The summed E-state index contributed by atoms with van der Waals surface area (Å²) in [5.41, 5.74) is 0. The van der Waals surface area contributed by atoms with Crippen LogP contribution in [0, 0.1) is 0 Å². The molecule has 1 amide bonds. The smallest absolute Gasteiger partial charge is 0.278 e. The maximum absolute atomic E-state index is 12.1. The Morgan fingerprint density at radius 1 is 1.29 bits per heavy atom. The van der Waals surface area contributed by atoms with Crippen LogP contribution in [0.3, 0.4) is 0 Å². The minimum atomic E-state index is 0.0600. The van der Waals surface area contributed by atoms with Crippen LogP contribution in [0.4, 0.5) is 0 Å². The predicted octanol–water partition coefficient (Wildman–Crippen LogP) is -0.293. The van der Waals surface area contributed by atoms with Crippen molar-refractivity contribution in [3.8, 4) is 0 Å². The number of piperazine rings is 1. The van der Waals surface area contributed by atoms with Gasteiger partial charge >= 0.3 is 0 Å². The molecule has 1 aromatic heterocycles. The van der Waals surface area contributed by atoms with Crippen LogP contribution in [0.2, 0.25) is 0 Å². The molecule has 1 atom stereocenters. The minimum Gasteiger partial charge on any atom is -0.349 e. The van der Waals surface area contributed by atoms with Crippen molar-refractivity contribution in [2.75, 3.05) is 26.2 Å². The average molecular weight is 376 g/mol. The van der Waals surface area contributed by atoms with Gasteiger partial charge in [0.15, 0.2) is 6.04 Å². The van der Waals surface area contributed by atoms with Crippen LogP contribution in [0.15, 0.2) is 15.9 Å². The van der Waals surface area contributed by atoms with Crippen molar-refractivity contribution in [1.29, 1.82) is 0 Å². The zero-order valence-corrected chi connectivity index (χ0v) is 15.4. The molecule has 0 bridgehead atoms. The number of thiophene rings is 1. The van der Waals surface area contributed by atoms with Crippen LogP contribution in [0.5, 0.6) is 0 Å². The van der Waals surface area contributed by atoms with E-state index in [2.05, 4.69) is 40.3 Å². The normalized spacial score (nSPS) is 24.0. The van der Waals surface area contributed by atoms with Gasteiger partial charge in [0.25, 0.3) is 5.91 Å². The number of carbonyl (C=O) groups excluding carboxylic acids is 1. The molecule has 2 heterocycles. The van der Waals surface area contributed by atoms with E-state index in [-0.39, 0.29) is 18.0 Å². The molecule has 21 heavy (non-hydrogen) atoms. The number of hydrogen-bond acceptors (Lipinski definition) is 2. The fraction of sp³-hybridized carbons (Fsp3) is 0.667. The van der Waals surface area contributed by atoms with Gasteiger partial charge in [0.1, 0.15) is 32.7 Å². The van der Waals surface area contributed by atoms with E-state index < -0.39 is 0 Å². The van der Waals surface area contributed by atoms with Crippen LogP contribution in [-0.4, -0.2) is 44.2 Å². The lowest BCUT2D eigenvalue weighted by molar-refractivity contribution is -1.02. The zero-order valence-electron chi connectivity index (χ0n) is 13.0. The lowest BCUT2D eigenvalue weighted by Crippen LogP contribution is -3.29. The van der Waals surface area contributed by atoms with Crippen molar-refractivity contribution < 1.29 is 14.6 Å². The quantitative estimate of drug-likeness (QED) is 0.649. The Labute approximate surface area is 139 Å². The summed E-state index contributed by atoms with van der Waals surface area (Å²) in [5, 5.41) is 3.02. The zero-order chi connectivity index (χ0) is 15.4. The molecule has 118 valence electrons. The van der Waals surface area contributed by atoms with Crippen molar-refractivity contribution in [2.45, 2.75) is 39.4 Å². The summed E-state index contributed by atoms with van der Waals surface area (Å²) in [4.78, 5) is 16.6. The second-order valence-electron chi connectivity index (χ2n) is 6.18. The van der Waals surface area contributed by atoms with Gasteiger partial charge in [-0.15, -0.1) is 11.3 Å². The molecule has 1 fully saturated rings. The molecular weight excluding hydrogens is 350 g/mol. The van der Waals surface area contributed by atoms with Gasteiger partial charge in [-0.3, -0.25) is 4.79 Å². The highest BCUT2D eigenvalue weighted by atomic mass is 79.9. The van der Waals surface area contributed by atoms with Crippen molar-refractivity contribution in [1.82, 2.24) is 5.32 Å². The highest BCUT2D eigenvalue weighted by molar-refractivity contribution is 9.11. The first-order valence-corrected chi connectivity index (χ1v) is 9.29. The lowest BCUT2D eigenvalue weighted by Gasteiger charge is -2.32. The van der Waals surface area contributed by atoms with Gasteiger partial charge in [-0.05, 0) is 48.8 Å². The third-order valence-electron chi connectivity index (χ3n) is 4.09. The molecule has 4 nitrogen and oxygen atoms in total. The van der Waals surface area contributed by atoms with Gasteiger partial charge in [-0.25, -0.2) is 0 Å². The maximum Gasteiger partial charge on any atom is 0.278 e. The summed E-state index contributed by atoms with van der Waals surface area (Å²) in [5.74, 6) is 0.186. The van der Waals surface area contributed by atoms with Crippen molar-refractivity contribution in [3.63, 3.8) is 0 Å². The summed E-state index contributed by atoms with van der Waals surface area (Å²) < 4.78 is 1.21. The van der Waals surface area contributed by atoms with Gasteiger partial charge in [-0.1, -0.05) is 0 Å². The SMILES string of the molecule is CC(C)NC(=O)[C@@H](C)[NH+]1CC[NH+](Cc2ccc(Br)s2)CC1. The van der Waals surface area contributed by atoms with Crippen LogP contribution >= 0.6 is 27.3 Å². The molecule has 0 spiro atoms. The molecule has 0 saturated carbocycles. The van der Waals surface area contributed by atoms with Gasteiger partial charge in [0.2, 0.25) is 0 Å². The van der Waals surface area contributed by atoms with E-state index in [4.69, 9.17) is 0 Å². The van der Waals surface area contributed by atoms with Crippen molar-refractivity contribution >= 4 is 33.2 Å². The summed E-state index contributed by atoms with van der Waals surface area (Å²) in [7, 11) is 0. The third-order valence-corrected chi connectivity index (χ3v) is 5.71. The first kappa shape index (κ1) is 16.9. The van der Waals surface area contributed by atoms with Gasteiger partial charge in [0, 0.05) is 6.04 Å². The van der Waals surface area contributed by atoms with E-state index in [1.807, 2.05) is 25.2 Å². The number of nitrogens with one attached hydrogen (secondary N) is 3. The fourth-order valence-electron chi connectivity index (χ4n) is 2.82. The minimum absolute atomic E-state index is 0.0600. The molecule has 1 saturated heterocycles. The number of amides is 1. The molecule has 0 radical (unpaired) electrons. The first-order chi connectivity index (χ1) is 9.95. The number of rotatable bonds is 5. The topological polar surface area (TPSA) is 38.0 Å². The number of carbonyl (C=O) groups is 1. The molecule has 1 aliphatic heterocycles. The van der Waals surface area contributed by atoms with E-state index in [1.54, 1.807) is 4.90 Å². The summed E-state index contributed by atoms with van der Waals surface area (Å²) >= 11 is 5.35. The molecule has 2 rings (SSSR count). The monoisotopic (exact) mass is 375 g/mol. The van der Waals surface area contributed by atoms with E-state index in [9.17, 15) is 4.79 Å². The van der Waals surface area contributed by atoms with E-state index in [1.165, 1.54) is 13.6 Å². The van der Waals surface area contributed by atoms with E-state index in [0.29, 0.717) is 0 Å². The van der Waals surface area contributed by atoms with Crippen molar-refractivity contribution in [2.24, 2.45) is 0 Å². The number of halogens is 1. The van der Waals surface area contributed by atoms with E-state index in [0.717, 1.165) is 32.7 Å². The molecule has 1 aliphatic rings. The first-order valence-electron chi connectivity index (χ1n) is 7.68. The maximum atomic E-state index is 12.1. The molecular formula is C15H26BrN3OS+2. The summed E-state index contributed by atoms with van der Waals surface area (Å²) in [6, 6.07) is 4.62. The second-order valence-corrected chi connectivity index (χ2v) is 8.72. The van der Waals surface area contributed by atoms with Crippen LogP contribution in [-0.2, 0) is 11.3 Å². The summed E-state index contributed by atoms with van der Waals surface area (Å²) in [6.45, 7) is 11.6. The van der Waals surface area contributed by atoms with Crippen molar-refractivity contribution in [3.05, 3.63) is 20.8 Å².